The molecule has 0 aliphatic carbocycles. The molecule has 7 heteroatoms. The number of hydrogen-bond donors (Lipinski definition) is 2. The van der Waals surface area contributed by atoms with Crippen molar-refractivity contribution in [1.82, 2.24) is 4.57 Å². The van der Waals surface area contributed by atoms with Crippen LogP contribution in [-0.2, 0) is 22.6 Å². The van der Waals surface area contributed by atoms with Crippen molar-refractivity contribution in [3.63, 3.8) is 0 Å². The molecule has 156 valence electrons. The van der Waals surface area contributed by atoms with Crippen molar-refractivity contribution in [2.45, 2.75) is 32.7 Å². The highest BCUT2D eigenvalue weighted by Gasteiger charge is 2.27. The van der Waals surface area contributed by atoms with Gasteiger partial charge in [-0.3, -0.25) is 14.4 Å². The molecule has 0 saturated carbocycles. The molecule has 0 spiro atoms. The molecule has 2 aromatic carbocycles. The van der Waals surface area contributed by atoms with Gasteiger partial charge in [-0.25, -0.2) is 0 Å². The summed E-state index contributed by atoms with van der Waals surface area (Å²) in [4.78, 5) is 35.3. The Balaban J connectivity index is 2.14. The third kappa shape index (κ3) is 4.35. The van der Waals surface area contributed by atoms with Crippen LogP contribution in [0.15, 0.2) is 48.5 Å². The monoisotopic (exact) mass is 408 g/mol. The van der Waals surface area contributed by atoms with Crippen LogP contribution in [0.4, 0.5) is 0 Å². The molecule has 0 atom stereocenters. The van der Waals surface area contributed by atoms with Crippen molar-refractivity contribution < 1.29 is 24.2 Å². The van der Waals surface area contributed by atoms with Gasteiger partial charge >= 0.3 is 5.97 Å². The third-order valence-electron chi connectivity index (χ3n) is 4.92. The molecule has 1 aromatic heterocycles. The maximum atomic E-state index is 12.8. The minimum absolute atomic E-state index is 0.0156. The first kappa shape index (κ1) is 21.1. The van der Waals surface area contributed by atoms with E-state index >= 15 is 0 Å². The number of nitrogens with zero attached hydrogens (tertiary/aromatic N) is 1. The number of aromatic nitrogens is 1. The molecule has 0 fully saturated rings. The number of benzene rings is 2. The second kappa shape index (κ2) is 9.26. The van der Waals surface area contributed by atoms with Crippen LogP contribution in [0, 0.1) is 0 Å². The lowest BCUT2D eigenvalue weighted by atomic mass is 10.0. The molecule has 3 rings (SSSR count). The van der Waals surface area contributed by atoms with E-state index in [4.69, 9.17) is 15.6 Å². The molecule has 1 amide bonds. The molecule has 0 bridgehead atoms. The number of Topliss-reactive ketones (excluding diaryl/α,β-unsaturated/α-hetero) is 1. The minimum Gasteiger partial charge on any atom is -0.493 e. The molecular formula is C23H24N2O5. The average Bonchev–Trinajstić information content (AvgIpc) is 3.05. The number of ketones is 1. The number of aliphatic carboxylic acids is 1. The zero-order valence-electron chi connectivity index (χ0n) is 16.8. The summed E-state index contributed by atoms with van der Waals surface area (Å²) in [5.74, 6) is -2.25. The van der Waals surface area contributed by atoms with Crippen molar-refractivity contribution in [2.24, 2.45) is 5.73 Å². The molecule has 30 heavy (non-hydrogen) atoms. The summed E-state index contributed by atoms with van der Waals surface area (Å²) < 4.78 is 7.83. The minimum atomic E-state index is -1.02. The van der Waals surface area contributed by atoms with Crippen molar-refractivity contribution >= 4 is 28.6 Å². The van der Waals surface area contributed by atoms with Crippen LogP contribution in [0.2, 0.25) is 0 Å². The van der Waals surface area contributed by atoms with Crippen molar-refractivity contribution in [2.75, 3.05) is 6.61 Å². The van der Waals surface area contributed by atoms with Crippen LogP contribution in [0.25, 0.3) is 10.9 Å². The van der Waals surface area contributed by atoms with Gasteiger partial charge in [0.15, 0.2) is 0 Å². The van der Waals surface area contributed by atoms with Crippen LogP contribution >= 0.6 is 0 Å². The topological polar surface area (TPSA) is 112 Å². The Morgan fingerprint density at radius 3 is 2.43 bits per heavy atom. The van der Waals surface area contributed by atoms with E-state index in [9.17, 15) is 14.4 Å². The van der Waals surface area contributed by atoms with Crippen molar-refractivity contribution in [3.8, 4) is 5.75 Å². The normalized spacial score (nSPS) is 10.8. The lowest BCUT2D eigenvalue weighted by Crippen LogP contribution is -2.24. The summed E-state index contributed by atoms with van der Waals surface area (Å²) in [6.07, 6.45) is 0.836. The Bertz CT molecular complexity index is 1090. The number of amides is 1. The Morgan fingerprint density at radius 1 is 1.07 bits per heavy atom. The predicted molar refractivity (Wildman–Crippen MR) is 113 cm³/mol. The van der Waals surface area contributed by atoms with E-state index in [1.807, 2.05) is 54.0 Å². The van der Waals surface area contributed by atoms with E-state index in [0.717, 1.165) is 11.1 Å². The summed E-state index contributed by atoms with van der Waals surface area (Å²) in [6, 6.07) is 15.2. The van der Waals surface area contributed by atoms with Gasteiger partial charge < -0.3 is 20.1 Å². The van der Waals surface area contributed by atoms with E-state index < -0.39 is 17.7 Å². The van der Waals surface area contributed by atoms with Gasteiger partial charge in [0.25, 0.3) is 11.7 Å². The first-order valence-corrected chi connectivity index (χ1v) is 9.80. The second-order valence-electron chi connectivity index (χ2n) is 6.94. The summed E-state index contributed by atoms with van der Waals surface area (Å²) in [6.45, 7) is 2.62. The molecule has 0 aliphatic rings. The Morgan fingerprint density at radius 2 is 1.80 bits per heavy atom. The highest BCUT2D eigenvalue weighted by molar-refractivity contribution is 6.45. The van der Waals surface area contributed by atoms with Gasteiger partial charge in [0.05, 0.1) is 23.1 Å². The van der Waals surface area contributed by atoms with Gasteiger partial charge in [0.1, 0.15) is 5.75 Å². The zero-order chi connectivity index (χ0) is 21.7. The standard InChI is InChI=1S/C23H24N2O5/c1-2-16-21(22(28)23(24)29)20-17(25(16)14-15-8-4-3-5-9-15)10-6-11-18(20)30-13-7-12-19(26)27/h3-6,8-11H,2,7,12-14H2,1H3,(H2,24,29)(H,26,27). The molecule has 1 heterocycles. The molecule has 3 aromatic rings. The molecule has 0 aliphatic heterocycles. The summed E-state index contributed by atoms with van der Waals surface area (Å²) in [7, 11) is 0. The summed E-state index contributed by atoms with van der Waals surface area (Å²) >= 11 is 0. The highest BCUT2D eigenvalue weighted by Crippen LogP contribution is 2.35. The Kier molecular flexibility index (Phi) is 6.51. The number of carboxylic acids is 1. The average molecular weight is 408 g/mol. The summed E-state index contributed by atoms with van der Waals surface area (Å²) in [5, 5.41) is 9.35. The fraction of sp³-hybridized carbons (Fsp3) is 0.261. The number of primary amides is 1. The van der Waals surface area contributed by atoms with Crippen LogP contribution in [-0.4, -0.2) is 33.9 Å². The maximum absolute atomic E-state index is 12.8. The Hall–Kier alpha value is -3.61. The predicted octanol–water partition coefficient (Wildman–Crippen LogP) is 3.16. The van der Waals surface area contributed by atoms with E-state index in [1.165, 1.54) is 0 Å². The lowest BCUT2D eigenvalue weighted by molar-refractivity contribution is -0.137. The van der Waals surface area contributed by atoms with Gasteiger partial charge in [-0.2, -0.15) is 0 Å². The SMILES string of the molecule is CCc1c(C(=O)C(N)=O)c2c(OCCCC(=O)O)cccc2n1Cc1ccccc1. The fourth-order valence-electron chi connectivity index (χ4n) is 3.63. The number of fused-ring (bicyclic) bond motifs is 1. The van der Waals surface area contributed by atoms with Crippen LogP contribution in [0.3, 0.4) is 0 Å². The van der Waals surface area contributed by atoms with Crippen LogP contribution in [0.5, 0.6) is 5.75 Å². The molecule has 0 radical (unpaired) electrons. The number of ether oxygens (including phenoxy) is 1. The molecule has 3 N–H and O–H groups in total. The van der Waals surface area contributed by atoms with E-state index in [-0.39, 0.29) is 18.6 Å². The number of carbonyl (C=O) groups is 3. The fourth-order valence-corrected chi connectivity index (χ4v) is 3.63. The van der Waals surface area contributed by atoms with Gasteiger partial charge in [0.2, 0.25) is 0 Å². The second-order valence-corrected chi connectivity index (χ2v) is 6.94. The summed E-state index contributed by atoms with van der Waals surface area (Å²) in [5.41, 5.74) is 8.12. The van der Waals surface area contributed by atoms with Crippen molar-refractivity contribution in [3.05, 3.63) is 65.4 Å². The number of rotatable bonds is 10. The van der Waals surface area contributed by atoms with Gasteiger partial charge in [0, 0.05) is 18.7 Å². The largest absolute Gasteiger partial charge is 0.493 e. The molecule has 0 saturated heterocycles. The molecular weight excluding hydrogens is 384 g/mol. The quantitative estimate of drug-likeness (QED) is 0.304. The number of carbonyl (C=O) groups excluding carboxylic acids is 2. The third-order valence-corrected chi connectivity index (χ3v) is 4.92. The van der Waals surface area contributed by atoms with Gasteiger partial charge in [-0.15, -0.1) is 0 Å². The Labute approximate surface area is 174 Å². The number of hydrogen-bond acceptors (Lipinski definition) is 4. The number of carboxylic acid groups (broad SMARTS) is 1. The number of nitrogens with two attached hydrogens (primary N) is 1. The highest BCUT2D eigenvalue weighted by atomic mass is 16.5. The maximum Gasteiger partial charge on any atom is 0.303 e. The molecule has 7 nitrogen and oxygen atoms in total. The zero-order valence-corrected chi connectivity index (χ0v) is 16.8. The molecule has 0 unspecified atom stereocenters. The van der Waals surface area contributed by atoms with Gasteiger partial charge in [-0.05, 0) is 30.5 Å². The van der Waals surface area contributed by atoms with Gasteiger partial charge in [-0.1, -0.05) is 43.3 Å². The van der Waals surface area contributed by atoms with Crippen LogP contribution in [0.1, 0.15) is 41.4 Å². The van der Waals surface area contributed by atoms with E-state index in [0.29, 0.717) is 36.2 Å². The lowest BCUT2D eigenvalue weighted by Gasteiger charge is -2.11. The first-order chi connectivity index (χ1) is 14.4. The van der Waals surface area contributed by atoms with Crippen LogP contribution < -0.4 is 10.5 Å². The first-order valence-electron chi connectivity index (χ1n) is 9.80. The van der Waals surface area contributed by atoms with Crippen molar-refractivity contribution in [1.29, 1.82) is 0 Å². The van der Waals surface area contributed by atoms with E-state index in [2.05, 4.69) is 0 Å². The smallest absolute Gasteiger partial charge is 0.303 e. The van der Waals surface area contributed by atoms with E-state index in [1.54, 1.807) is 6.07 Å².